The van der Waals surface area contributed by atoms with Gasteiger partial charge in [-0.25, -0.2) is 4.98 Å². The van der Waals surface area contributed by atoms with Gasteiger partial charge in [0, 0.05) is 5.69 Å². The van der Waals surface area contributed by atoms with Crippen LogP contribution in [0.3, 0.4) is 0 Å². The summed E-state index contributed by atoms with van der Waals surface area (Å²) in [5, 5.41) is 2.82. The zero-order valence-electron chi connectivity index (χ0n) is 14.2. The molecule has 1 amide bonds. The number of nitrogens with one attached hydrogen (secondary N) is 1. The van der Waals surface area contributed by atoms with Crippen molar-refractivity contribution >= 4 is 11.6 Å². The molecule has 124 valence electrons. The van der Waals surface area contributed by atoms with E-state index in [0.717, 1.165) is 18.5 Å². The normalized spacial score (nSPS) is 12.9. The molecule has 0 radical (unpaired) electrons. The van der Waals surface area contributed by atoms with E-state index in [0.29, 0.717) is 5.89 Å². The SMILES string of the molecule is CCCC(N)c1nc(C(=O)Nc2ccc(C(C)(C)C)cc2)co1. The lowest BCUT2D eigenvalue weighted by Gasteiger charge is -2.19. The van der Waals surface area contributed by atoms with Crippen LogP contribution >= 0.6 is 0 Å². The van der Waals surface area contributed by atoms with Crippen LogP contribution in [-0.2, 0) is 5.41 Å². The average Bonchev–Trinajstić information content (AvgIpc) is 2.97. The molecule has 2 rings (SSSR count). The minimum absolute atomic E-state index is 0.0823. The molecular formula is C18H25N3O2. The highest BCUT2D eigenvalue weighted by Crippen LogP contribution is 2.23. The van der Waals surface area contributed by atoms with E-state index in [1.165, 1.54) is 11.8 Å². The molecule has 23 heavy (non-hydrogen) atoms. The second-order valence-electron chi connectivity index (χ2n) is 6.75. The molecule has 0 fully saturated rings. The van der Waals surface area contributed by atoms with Crippen LogP contribution in [0.1, 0.15) is 68.5 Å². The Balaban J connectivity index is 2.04. The Morgan fingerprint density at radius 1 is 1.30 bits per heavy atom. The number of carbonyl (C=O) groups excluding carboxylic acids is 1. The fourth-order valence-corrected chi connectivity index (χ4v) is 2.25. The van der Waals surface area contributed by atoms with Gasteiger partial charge in [0.05, 0.1) is 6.04 Å². The highest BCUT2D eigenvalue weighted by molar-refractivity contribution is 6.02. The summed E-state index contributed by atoms with van der Waals surface area (Å²) < 4.78 is 5.30. The second kappa shape index (κ2) is 6.96. The van der Waals surface area contributed by atoms with Crippen LogP contribution in [0.15, 0.2) is 34.9 Å². The van der Waals surface area contributed by atoms with Crippen LogP contribution in [0.4, 0.5) is 5.69 Å². The van der Waals surface area contributed by atoms with Crippen molar-refractivity contribution in [3.8, 4) is 0 Å². The van der Waals surface area contributed by atoms with E-state index >= 15 is 0 Å². The third-order valence-electron chi connectivity index (χ3n) is 3.68. The maximum Gasteiger partial charge on any atom is 0.277 e. The summed E-state index contributed by atoms with van der Waals surface area (Å²) >= 11 is 0. The molecule has 1 atom stereocenters. The van der Waals surface area contributed by atoms with Crippen molar-refractivity contribution < 1.29 is 9.21 Å². The van der Waals surface area contributed by atoms with Gasteiger partial charge in [-0.2, -0.15) is 0 Å². The minimum atomic E-state index is -0.299. The summed E-state index contributed by atoms with van der Waals surface area (Å²) in [7, 11) is 0. The van der Waals surface area contributed by atoms with E-state index in [4.69, 9.17) is 10.2 Å². The quantitative estimate of drug-likeness (QED) is 0.873. The van der Waals surface area contributed by atoms with Crippen molar-refractivity contribution in [3.63, 3.8) is 0 Å². The zero-order chi connectivity index (χ0) is 17.0. The lowest BCUT2D eigenvalue weighted by molar-refractivity contribution is 0.102. The van der Waals surface area contributed by atoms with Gasteiger partial charge in [-0.05, 0) is 29.5 Å². The van der Waals surface area contributed by atoms with Crippen molar-refractivity contribution in [1.82, 2.24) is 4.98 Å². The number of aromatic nitrogens is 1. The van der Waals surface area contributed by atoms with Gasteiger partial charge in [0.1, 0.15) is 6.26 Å². The monoisotopic (exact) mass is 315 g/mol. The fourth-order valence-electron chi connectivity index (χ4n) is 2.25. The number of oxazole rings is 1. The average molecular weight is 315 g/mol. The minimum Gasteiger partial charge on any atom is -0.446 e. The first-order valence-corrected chi connectivity index (χ1v) is 7.94. The summed E-state index contributed by atoms with van der Waals surface area (Å²) in [6.07, 6.45) is 3.06. The number of nitrogens with zero attached hydrogens (tertiary/aromatic N) is 1. The van der Waals surface area contributed by atoms with Crippen molar-refractivity contribution in [1.29, 1.82) is 0 Å². The first-order valence-electron chi connectivity index (χ1n) is 7.94. The molecule has 0 aliphatic rings. The first kappa shape index (κ1) is 17.2. The van der Waals surface area contributed by atoms with E-state index in [-0.39, 0.29) is 23.1 Å². The van der Waals surface area contributed by atoms with Gasteiger partial charge in [-0.15, -0.1) is 0 Å². The topological polar surface area (TPSA) is 81.1 Å². The van der Waals surface area contributed by atoms with E-state index < -0.39 is 0 Å². The Labute approximate surface area is 137 Å². The number of benzene rings is 1. The smallest absolute Gasteiger partial charge is 0.277 e. The Morgan fingerprint density at radius 3 is 2.52 bits per heavy atom. The van der Waals surface area contributed by atoms with Gasteiger partial charge >= 0.3 is 0 Å². The predicted molar refractivity (Wildman–Crippen MR) is 91.4 cm³/mol. The first-order chi connectivity index (χ1) is 10.8. The number of hydrogen-bond acceptors (Lipinski definition) is 4. The van der Waals surface area contributed by atoms with Crippen LogP contribution in [-0.4, -0.2) is 10.9 Å². The number of carbonyl (C=O) groups is 1. The van der Waals surface area contributed by atoms with Crippen LogP contribution in [0.2, 0.25) is 0 Å². The standard InChI is InChI=1S/C18H25N3O2/c1-5-6-14(19)17-21-15(11-23-17)16(22)20-13-9-7-12(8-10-13)18(2,3)4/h7-11,14H,5-6,19H2,1-4H3,(H,20,22). The summed E-state index contributed by atoms with van der Waals surface area (Å²) in [5.41, 5.74) is 8.21. The Hall–Kier alpha value is -2.14. The summed E-state index contributed by atoms with van der Waals surface area (Å²) in [4.78, 5) is 16.4. The van der Waals surface area contributed by atoms with E-state index in [2.05, 4.69) is 31.1 Å². The van der Waals surface area contributed by atoms with Crippen LogP contribution < -0.4 is 11.1 Å². The zero-order valence-corrected chi connectivity index (χ0v) is 14.2. The molecule has 1 aromatic heterocycles. The van der Waals surface area contributed by atoms with Gasteiger partial charge in [-0.1, -0.05) is 46.2 Å². The Morgan fingerprint density at radius 2 is 1.96 bits per heavy atom. The molecule has 3 N–H and O–H groups in total. The van der Waals surface area contributed by atoms with E-state index in [9.17, 15) is 4.79 Å². The van der Waals surface area contributed by atoms with Crippen molar-refractivity contribution in [2.45, 2.75) is 52.0 Å². The molecule has 0 saturated heterocycles. The molecule has 0 spiro atoms. The molecular weight excluding hydrogens is 290 g/mol. The van der Waals surface area contributed by atoms with E-state index in [1.807, 2.05) is 31.2 Å². The maximum atomic E-state index is 12.2. The molecule has 1 aromatic carbocycles. The third kappa shape index (κ3) is 4.42. The van der Waals surface area contributed by atoms with E-state index in [1.54, 1.807) is 0 Å². The third-order valence-corrected chi connectivity index (χ3v) is 3.68. The summed E-state index contributed by atoms with van der Waals surface area (Å²) in [6.45, 7) is 8.49. The Bertz CT molecular complexity index is 654. The molecule has 0 bridgehead atoms. The molecule has 2 aromatic rings. The van der Waals surface area contributed by atoms with Gasteiger partial charge < -0.3 is 15.5 Å². The molecule has 1 heterocycles. The highest BCUT2D eigenvalue weighted by atomic mass is 16.3. The molecule has 5 nitrogen and oxygen atoms in total. The van der Waals surface area contributed by atoms with Crippen molar-refractivity contribution in [2.24, 2.45) is 5.73 Å². The van der Waals surface area contributed by atoms with Crippen molar-refractivity contribution in [3.05, 3.63) is 47.7 Å². The lowest BCUT2D eigenvalue weighted by Crippen LogP contribution is -2.15. The number of anilines is 1. The van der Waals surface area contributed by atoms with Crippen LogP contribution in [0.5, 0.6) is 0 Å². The fraction of sp³-hybridized carbons (Fsp3) is 0.444. The van der Waals surface area contributed by atoms with Gasteiger partial charge in [0.25, 0.3) is 5.91 Å². The van der Waals surface area contributed by atoms with Gasteiger partial charge in [0.15, 0.2) is 5.69 Å². The molecule has 0 aliphatic carbocycles. The van der Waals surface area contributed by atoms with Gasteiger partial charge in [-0.3, -0.25) is 4.79 Å². The number of amides is 1. The van der Waals surface area contributed by atoms with Crippen molar-refractivity contribution in [2.75, 3.05) is 5.32 Å². The molecule has 0 aliphatic heterocycles. The van der Waals surface area contributed by atoms with Gasteiger partial charge in [0.2, 0.25) is 5.89 Å². The summed E-state index contributed by atoms with van der Waals surface area (Å²) in [6, 6.07) is 7.54. The largest absolute Gasteiger partial charge is 0.446 e. The molecule has 0 saturated carbocycles. The highest BCUT2D eigenvalue weighted by Gasteiger charge is 2.17. The maximum absolute atomic E-state index is 12.2. The molecule has 1 unspecified atom stereocenters. The second-order valence-corrected chi connectivity index (χ2v) is 6.75. The lowest BCUT2D eigenvalue weighted by atomic mass is 9.87. The summed E-state index contributed by atoms with van der Waals surface area (Å²) in [5.74, 6) is 0.104. The number of nitrogens with two attached hydrogens (primary N) is 1. The number of rotatable bonds is 5. The molecule has 5 heteroatoms. The van der Waals surface area contributed by atoms with Crippen LogP contribution in [0, 0.1) is 0 Å². The predicted octanol–water partition coefficient (Wildman–Crippen LogP) is 4.02. The number of hydrogen-bond donors (Lipinski definition) is 2. The Kier molecular flexibility index (Phi) is 5.21. The van der Waals surface area contributed by atoms with Crippen LogP contribution in [0.25, 0.3) is 0 Å².